The summed E-state index contributed by atoms with van der Waals surface area (Å²) >= 11 is 0. The molecular formula is C14H10NO. The van der Waals surface area contributed by atoms with Crippen molar-refractivity contribution in [3.8, 4) is 0 Å². The van der Waals surface area contributed by atoms with E-state index >= 15 is 0 Å². The fraction of sp³-hybridized carbons (Fsp3) is 0. The largest absolute Gasteiger partial charge is 0.280 e. The van der Waals surface area contributed by atoms with Crippen molar-refractivity contribution in [1.29, 1.82) is 0 Å². The highest BCUT2D eigenvalue weighted by molar-refractivity contribution is 6.13. The van der Waals surface area contributed by atoms with Crippen LogP contribution in [0.3, 0.4) is 0 Å². The molecule has 2 aromatic carbocycles. The molecule has 0 unspecified atom stereocenters. The molecule has 3 aromatic rings. The molecule has 0 saturated carbocycles. The minimum absolute atomic E-state index is 0.197. The molecule has 0 bridgehead atoms. The van der Waals surface area contributed by atoms with Crippen LogP contribution in [0.15, 0.2) is 48.5 Å². The molecule has 0 atom stereocenters. The van der Waals surface area contributed by atoms with Gasteiger partial charge in [-0.1, -0.05) is 36.4 Å². The number of hydrogen-bond acceptors (Lipinski definition) is 1. The zero-order valence-electron chi connectivity index (χ0n) is 8.68. The van der Waals surface area contributed by atoms with E-state index in [1.165, 1.54) is 0 Å². The number of carbonyl (C=O) groups is 1. The predicted octanol–water partition coefficient (Wildman–Crippen LogP) is 3.27. The lowest BCUT2D eigenvalue weighted by atomic mass is 10.2. The molecule has 0 spiro atoms. The van der Waals surface area contributed by atoms with E-state index in [0.717, 1.165) is 21.8 Å². The summed E-state index contributed by atoms with van der Waals surface area (Å²) in [6, 6.07) is 15.8. The average molecular weight is 208 g/mol. The third-order valence-electron chi connectivity index (χ3n) is 2.83. The van der Waals surface area contributed by atoms with Crippen molar-refractivity contribution >= 4 is 27.7 Å². The first-order valence-corrected chi connectivity index (χ1v) is 5.13. The summed E-state index contributed by atoms with van der Waals surface area (Å²) in [5.74, 6) is -0.197. The monoisotopic (exact) mass is 208 g/mol. The summed E-state index contributed by atoms with van der Waals surface area (Å²) < 4.78 is 1.66. The molecule has 0 saturated heterocycles. The fourth-order valence-corrected chi connectivity index (χ4v) is 2.19. The van der Waals surface area contributed by atoms with Crippen molar-refractivity contribution < 1.29 is 4.79 Å². The maximum Gasteiger partial charge on any atom is 0.232 e. The Balaban J connectivity index is 2.64. The molecule has 2 heteroatoms. The smallest absolute Gasteiger partial charge is 0.232 e. The van der Waals surface area contributed by atoms with Crippen LogP contribution < -0.4 is 0 Å². The van der Waals surface area contributed by atoms with Crippen LogP contribution in [0.4, 0.5) is 0 Å². The number of para-hydroxylation sites is 2. The molecule has 0 N–H and O–H groups in total. The minimum atomic E-state index is -0.197. The Kier molecular flexibility index (Phi) is 1.83. The Morgan fingerprint density at radius 2 is 1.31 bits per heavy atom. The lowest BCUT2D eigenvalue weighted by Crippen LogP contribution is -2.04. The molecule has 2 nitrogen and oxygen atoms in total. The molecule has 0 aliphatic heterocycles. The van der Waals surface area contributed by atoms with Gasteiger partial charge in [-0.15, -0.1) is 0 Å². The highest BCUT2D eigenvalue weighted by atomic mass is 16.1. The zero-order valence-corrected chi connectivity index (χ0v) is 8.68. The van der Waals surface area contributed by atoms with Gasteiger partial charge in [0.2, 0.25) is 5.91 Å². The normalized spacial score (nSPS) is 11.1. The third-order valence-corrected chi connectivity index (χ3v) is 2.83. The number of hydrogen-bond donors (Lipinski definition) is 0. The molecule has 0 aliphatic rings. The molecule has 3 rings (SSSR count). The molecule has 0 fully saturated rings. The van der Waals surface area contributed by atoms with Crippen molar-refractivity contribution in [2.75, 3.05) is 0 Å². The Morgan fingerprint density at radius 3 is 1.75 bits per heavy atom. The molecule has 0 amide bonds. The van der Waals surface area contributed by atoms with Crippen molar-refractivity contribution in [3.05, 3.63) is 55.5 Å². The molecule has 1 radical (unpaired) electrons. The Labute approximate surface area is 93.1 Å². The number of fused-ring (bicyclic) bond motifs is 3. The lowest BCUT2D eigenvalue weighted by Gasteiger charge is -2.00. The van der Waals surface area contributed by atoms with E-state index in [-0.39, 0.29) is 5.91 Å². The standard InChI is InChI=1S/C14H10NO/c1-10(16)15-13-8-4-2-6-11(13)12-7-3-5-9-14(12)15/h2-9H,1H2. The van der Waals surface area contributed by atoms with Crippen molar-refractivity contribution in [2.45, 2.75) is 0 Å². The van der Waals surface area contributed by atoms with E-state index in [4.69, 9.17) is 0 Å². The predicted molar refractivity (Wildman–Crippen MR) is 65.4 cm³/mol. The Morgan fingerprint density at radius 1 is 0.875 bits per heavy atom. The van der Waals surface area contributed by atoms with Crippen LogP contribution in [0.25, 0.3) is 21.8 Å². The molecule has 1 aromatic heterocycles. The molecule has 0 aliphatic carbocycles. The van der Waals surface area contributed by atoms with Crippen molar-refractivity contribution in [2.24, 2.45) is 0 Å². The number of carbonyl (C=O) groups excluding carboxylic acids is 1. The van der Waals surface area contributed by atoms with Gasteiger partial charge in [-0.05, 0) is 12.1 Å². The van der Waals surface area contributed by atoms with Gasteiger partial charge in [0.05, 0.1) is 11.0 Å². The summed E-state index contributed by atoms with van der Waals surface area (Å²) in [5.41, 5.74) is 1.84. The highest BCUT2D eigenvalue weighted by Gasteiger charge is 2.11. The van der Waals surface area contributed by atoms with Crippen LogP contribution in [0.2, 0.25) is 0 Å². The maximum absolute atomic E-state index is 11.6. The van der Waals surface area contributed by atoms with Crippen molar-refractivity contribution in [1.82, 2.24) is 4.57 Å². The first-order chi connectivity index (χ1) is 7.79. The van der Waals surface area contributed by atoms with E-state index in [0.29, 0.717) is 0 Å². The van der Waals surface area contributed by atoms with Crippen LogP contribution in [-0.4, -0.2) is 10.5 Å². The zero-order chi connectivity index (χ0) is 11.1. The third kappa shape index (κ3) is 1.10. The van der Waals surface area contributed by atoms with Gasteiger partial charge in [-0.25, -0.2) is 0 Å². The second-order valence-corrected chi connectivity index (χ2v) is 3.76. The van der Waals surface area contributed by atoms with Gasteiger partial charge in [-0.3, -0.25) is 9.36 Å². The van der Waals surface area contributed by atoms with E-state index < -0.39 is 0 Å². The van der Waals surface area contributed by atoms with Crippen LogP contribution >= 0.6 is 0 Å². The number of nitrogens with zero attached hydrogens (tertiary/aromatic N) is 1. The SMILES string of the molecule is [CH2]C(=O)n1c2ccccc2c2ccccc21. The highest BCUT2D eigenvalue weighted by Crippen LogP contribution is 2.28. The van der Waals surface area contributed by atoms with Gasteiger partial charge in [0, 0.05) is 17.7 Å². The van der Waals surface area contributed by atoms with E-state index in [2.05, 4.69) is 6.92 Å². The van der Waals surface area contributed by atoms with Gasteiger partial charge < -0.3 is 0 Å². The number of aromatic nitrogens is 1. The quantitative estimate of drug-likeness (QED) is 0.555. The summed E-state index contributed by atoms with van der Waals surface area (Å²) in [6.45, 7) is 3.51. The summed E-state index contributed by atoms with van der Waals surface area (Å²) in [5, 5.41) is 2.19. The van der Waals surface area contributed by atoms with E-state index in [1.807, 2.05) is 48.5 Å². The Bertz CT molecular complexity index is 641. The number of benzene rings is 2. The average Bonchev–Trinajstić information content (AvgIpc) is 2.63. The molecule has 1 heterocycles. The van der Waals surface area contributed by atoms with Gasteiger partial charge >= 0.3 is 0 Å². The van der Waals surface area contributed by atoms with E-state index in [1.54, 1.807) is 4.57 Å². The van der Waals surface area contributed by atoms with Gasteiger partial charge in [-0.2, -0.15) is 0 Å². The van der Waals surface area contributed by atoms with Crippen LogP contribution in [0.1, 0.15) is 4.79 Å². The maximum atomic E-state index is 11.6. The second-order valence-electron chi connectivity index (χ2n) is 3.76. The minimum Gasteiger partial charge on any atom is -0.280 e. The van der Waals surface area contributed by atoms with Crippen LogP contribution in [0, 0.1) is 6.92 Å². The second kappa shape index (κ2) is 3.20. The summed E-state index contributed by atoms with van der Waals surface area (Å²) in [4.78, 5) is 11.6. The first kappa shape index (κ1) is 9.16. The van der Waals surface area contributed by atoms with Gasteiger partial charge in [0.15, 0.2) is 0 Å². The molecule has 77 valence electrons. The fourth-order valence-electron chi connectivity index (χ4n) is 2.19. The van der Waals surface area contributed by atoms with Gasteiger partial charge in [0.1, 0.15) is 0 Å². The topological polar surface area (TPSA) is 22.0 Å². The first-order valence-electron chi connectivity index (χ1n) is 5.13. The number of rotatable bonds is 0. The molecule has 16 heavy (non-hydrogen) atoms. The van der Waals surface area contributed by atoms with Crippen molar-refractivity contribution in [3.63, 3.8) is 0 Å². The summed E-state index contributed by atoms with van der Waals surface area (Å²) in [7, 11) is 0. The van der Waals surface area contributed by atoms with Crippen LogP contribution in [0.5, 0.6) is 0 Å². The molecular weight excluding hydrogens is 198 g/mol. The Hall–Kier alpha value is -2.09. The van der Waals surface area contributed by atoms with E-state index in [9.17, 15) is 4.79 Å². The van der Waals surface area contributed by atoms with Gasteiger partial charge in [0.25, 0.3) is 0 Å². The lowest BCUT2D eigenvalue weighted by molar-refractivity contribution is 0.0975. The summed E-state index contributed by atoms with van der Waals surface area (Å²) in [6.07, 6.45) is 0. The van der Waals surface area contributed by atoms with Crippen LogP contribution in [-0.2, 0) is 0 Å².